The topological polar surface area (TPSA) is 96.0 Å². The molecule has 0 aromatic heterocycles. The number of aryl methyl sites for hydroxylation is 1. The highest BCUT2D eigenvalue weighted by Crippen LogP contribution is 2.26. The molecule has 38 heavy (non-hydrogen) atoms. The number of carbonyl (C=O) groups is 2. The zero-order valence-electron chi connectivity index (χ0n) is 22.4. The number of benzene rings is 3. The van der Waals surface area contributed by atoms with Crippen LogP contribution in [0.5, 0.6) is 11.5 Å². The van der Waals surface area contributed by atoms with Gasteiger partial charge < -0.3 is 15.0 Å². The van der Waals surface area contributed by atoms with E-state index < -0.39 is 28.5 Å². The first-order chi connectivity index (χ1) is 18.0. The molecule has 9 heteroatoms. The van der Waals surface area contributed by atoms with Crippen LogP contribution in [0.1, 0.15) is 31.9 Å². The average Bonchev–Trinajstić information content (AvgIpc) is 2.86. The van der Waals surface area contributed by atoms with Crippen molar-refractivity contribution in [1.29, 1.82) is 0 Å². The number of ether oxygens (including phenoxy) is 1. The van der Waals surface area contributed by atoms with Crippen molar-refractivity contribution >= 4 is 27.5 Å². The Bertz CT molecular complexity index is 1340. The highest BCUT2D eigenvalue weighted by Gasteiger charge is 2.30. The molecule has 0 aliphatic carbocycles. The number of nitrogens with one attached hydrogen (secondary N) is 1. The Kier molecular flexibility index (Phi) is 9.52. The van der Waals surface area contributed by atoms with E-state index in [0.29, 0.717) is 17.2 Å². The molecule has 0 saturated heterocycles. The summed E-state index contributed by atoms with van der Waals surface area (Å²) in [6.07, 6.45) is 1.05. The molecular weight excluding hydrogens is 502 g/mol. The monoisotopic (exact) mass is 537 g/mol. The van der Waals surface area contributed by atoms with Crippen LogP contribution in [0.3, 0.4) is 0 Å². The number of hydrogen-bond donors (Lipinski definition) is 1. The van der Waals surface area contributed by atoms with E-state index >= 15 is 0 Å². The van der Waals surface area contributed by atoms with E-state index in [-0.39, 0.29) is 18.5 Å². The molecular formula is C29H35N3O5S. The zero-order chi connectivity index (χ0) is 27.9. The number of rotatable bonds is 11. The van der Waals surface area contributed by atoms with Crippen molar-refractivity contribution in [2.75, 3.05) is 17.1 Å². The second-order valence-electron chi connectivity index (χ2n) is 9.47. The zero-order valence-corrected chi connectivity index (χ0v) is 23.2. The van der Waals surface area contributed by atoms with E-state index in [2.05, 4.69) is 5.32 Å². The lowest BCUT2D eigenvalue weighted by Crippen LogP contribution is -2.52. The molecule has 0 aliphatic heterocycles. The fraction of sp³-hybridized carbons (Fsp3) is 0.310. The van der Waals surface area contributed by atoms with Gasteiger partial charge in [-0.05, 0) is 75.2 Å². The number of hydrogen-bond acceptors (Lipinski definition) is 5. The van der Waals surface area contributed by atoms with E-state index in [1.54, 1.807) is 31.2 Å². The van der Waals surface area contributed by atoms with E-state index in [1.807, 2.05) is 75.4 Å². The fourth-order valence-corrected chi connectivity index (χ4v) is 4.73. The first-order valence-corrected chi connectivity index (χ1v) is 14.3. The Morgan fingerprint density at radius 1 is 0.868 bits per heavy atom. The van der Waals surface area contributed by atoms with Gasteiger partial charge in [0.1, 0.15) is 24.1 Å². The van der Waals surface area contributed by atoms with Gasteiger partial charge in [0.2, 0.25) is 21.8 Å². The van der Waals surface area contributed by atoms with Gasteiger partial charge in [-0.25, -0.2) is 8.42 Å². The van der Waals surface area contributed by atoms with Crippen LogP contribution in [-0.4, -0.2) is 50.0 Å². The summed E-state index contributed by atoms with van der Waals surface area (Å²) in [7, 11) is -3.82. The van der Waals surface area contributed by atoms with E-state index in [4.69, 9.17) is 4.74 Å². The van der Waals surface area contributed by atoms with Crippen molar-refractivity contribution in [3.8, 4) is 11.5 Å². The van der Waals surface area contributed by atoms with Crippen LogP contribution in [0.25, 0.3) is 0 Å². The molecule has 202 valence electrons. The maximum atomic E-state index is 13.6. The van der Waals surface area contributed by atoms with Crippen molar-refractivity contribution in [3.63, 3.8) is 0 Å². The van der Waals surface area contributed by atoms with Gasteiger partial charge in [0.25, 0.3) is 0 Å². The van der Waals surface area contributed by atoms with E-state index in [0.717, 1.165) is 21.7 Å². The van der Waals surface area contributed by atoms with Crippen LogP contribution in [0.15, 0.2) is 78.9 Å². The predicted molar refractivity (Wildman–Crippen MR) is 150 cm³/mol. The predicted octanol–water partition coefficient (Wildman–Crippen LogP) is 4.50. The van der Waals surface area contributed by atoms with Gasteiger partial charge in [0, 0.05) is 12.6 Å². The fourth-order valence-electron chi connectivity index (χ4n) is 3.88. The van der Waals surface area contributed by atoms with Gasteiger partial charge in [-0.3, -0.25) is 13.9 Å². The number of para-hydroxylation sites is 1. The van der Waals surface area contributed by atoms with Crippen LogP contribution in [-0.2, 0) is 26.2 Å². The van der Waals surface area contributed by atoms with Crippen molar-refractivity contribution in [2.45, 2.75) is 46.3 Å². The minimum absolute atomic E-state index is 0.107. The molecule has 0 bridgehead atoms. The Labute approximate surface area is 225 Å². The van der Waals surface area contributed by atoms with Gasteiger partial charge in [0.05, 0.1) is 11.9 Å². The Hall–Kier alpha value is -3.85. The molecule has 8 nitrogen and oxygen atoms in total. The first-order valence-electron chi connectivity index (χ1n) is 12.4. The van der Waals surface area contributed by atoms with E-state index in [1.165, 1.54) is 4.90 Å². The third kappa shape index (κ3) is 7.82. The standard InChI is InChI=1S/C29H35N3O5S/c1-21(2)30-29(34)23(4)31(19-24-12-10-9-11-22(24)3)28(33)20-32(38(5,35)36)25-15-17-27(18-16-25)37-26-13-7-6-8-14-26/h6-18,21,23H,19-20H2,1-5H3,(H,30,34)/t23-/m0/s1. The summed E-state index contributed by atoms with van der Waals surface area (Å²) in [5.41, 5.74) is 2.16. The minimum atomic E-state index is -3.82. The maximum absolute atomic E-state index is 13.6. The number of sulfonamides is 1. The molecule has 3 aromatic carbocycles. The van der Waals surface area contributed by atoms with Gasteiger partial charge in [-0.2, -0.15) is 0 Å². The number of nitrogens with zero attached hydrogens (tertiary/aromatic N) is 2. The van der Waals surface area contributed by atoms with Crippen molar-refractivity contribution in [2.24, 2.45) is 0 Å². The van der Waals surface area contributed by atoms with Crippen LogP contribution in [0.4, 0.5) is 5.69 Å². The van der Waals surface area contributed by atoms with Gasteiger partial charge in [-0.1, -0.05) is 42.5 Å². The Balaban J connectivity index is 1.87. The summed E-state index contributed by atoms with van der Waals surface area (Å²) < 4.78 is 32.4. The molecule has 0 spiro atoms. The van der Waals surface area contributed by atoms with Crippen molar-refractivity contribution < 1.29 is 22.7 Å². The molecule has 1 atom stereocenters. The number of anilines is 1. The van der Waals surface area contributed by atoms with Crippen LogP contribution >= 0.6 is 0 Å². The molecule has 0 unspecified atom stereocenters. The Morgan fingerprint density at radius 2 is 1.45 bits per heavy atom. The molecule has 0 fully saturated rings. The summed E-state index contributed by atoms with van der Waals surface area (Å²) in [6, 6.07) is 22.4. The molecule has 0 heterocycles. The van der Waals surface area contributed by atoms with Crippen LogP contribution in [0, 0.1) is 6.92 Å². The third-order valence-electron chi connectivity index (χ3n) is 5.98. The molecule has 1 N–H and O–H groups in total. The normalized spacial score (nSPS) is 12.1. The minimum Gasteiger partial charge on any atom is -0.457 e. The van der Waals surface area contributed by atoms with Crippen molar-refractivity contribution in [1.82, 2.24) is 10.2 Å². The van der Waals surface area contributed by atoms with E-state index in [9.17, 15) is 18.0 Å². The molecule has 2 amide bonds. The lowest BCUT2D eigenvalue weighted by atomic mass is 10.1. The summed E-state index contributed by atoms with van der Waals surface area (Å²) in [4.78, 5) is 27.9. The smallest absolute Gasteiger partial charge is 0.244 e. The molecule has 0 radical (unpaired) electrons. The quantitative estimate of drug-likeness (QED) is 0.389. The number of amides is 2. The summed E-state index contributed by atoms with van der Waals surface area (Å²) >= 11 is 0. The Morgan fingerprint density at radius 3 is 2.03 bits per heavy atom. The SMILES string of the molecule is Cc1ccccc1CN(C(=O)CN(c1ccc(Oc2ccccc2)cc1)S(C)(=O)=O)[C@@H](C)C(=O)NC(C)C. The summed E-state index contributed by atoms with van der Waals surface area (Å²) in [6.45, 7) is 6.97. The second kappa shape index (κ2) is 12.6. The van der Waals surface area contributed by atoms with Crippen molar-refractivity contribution in [3.05, 3.63) is 90.0 Å². The van der Waals surface area contributed by atoms with Crippen LogP contribution in [0.2, 0.25) is 0 Å². The first kappa shape index (κ1) is 28.7. The van der Waals surface area contributed by atoms with Gasteiger partial charge in [-0.15, -0.1) is 0 Å². The van der Waals surface area contributed by atoms with Gasteiger partial charge in [0.15, 0.2) is 0 Å². The molecule has 0 aliphatic rings. The number of carbonyl (C=O) groups excluding carboxylic acids is 2. The molecule has 3 rings (SSSR count). The molecule has 0 saturated carbocycles. The maximum Gasteiger partial charge on any atom is 0.244 e. The van der Waals surface area contributed by atoms with Gasteiger partial charge >= 0.3 is 0 Å². The highest BCUT2D eigenvalue weighted by atomic mass is 32.2. The largest absolute Gasteiger partial charge is 0.457 e. The molecule has 3 aromatic rings. The highest BCUT2D eigenvalue weighted by molar-refractivity contribution is 7.92. The van der Waals surface area contributed by atoms with Crippen LogP contribution < -0.4 is 14.4 Å². The lowest BCUT2D eigenvalue weighted by molar-refractivity contribution is -0.139. The summed E-state index contributed by atoms with van der Waals surface area (Å²) in [5, 5.41) is 2.84. The second-order valence-corrected chi connectivity index (χ2v) is 11.4. The summed E-state index contributed by atoms with van der Waals surface area (Å²) in [5.74, 6) is 0.376. The average molecular weight is 538 g/mol. The third-order valence-corrected chi connectivity index (χ3v) is 7.12. The lowest BCUT2D eigenvalue weighted by Gasteiger charge is -2.32.